The zero-order valence-electron chi connectivity index (χ0n) is 13.8. The van der Waals surface area contributed by atoms with Gasteiger partial charge in [-0.05, 0) is 25.3 Å². The lowest BCUT2D eigenvalue weighted by molar-refractivity contribution is -0.134. The second kappa shape index (κ2) is 8.31. The smallest absolute Gasteiger partial charge is 0.260 e. The van der Waals surface area contributed by atoms with E-state index in [1.807, 2.05) is 23.1 Å². The molecule has 2 saturated heterocycles. The van der Waals surface area contributed by atoms with Gasteiger partial charge >= 0.3 is 0 Å². The molecule has 1 amide bonds. The number of hydrogen-bond donors (Lipinski definition) is 1. The Kier molecular flexibility index (Phi) is 5.88. The molecule has 0 bridgehead atoms. The number of rotatable bonds is 5. The Morgan fingerprint density at radius 1 is 1.04 bits per heavy atom. The van der Waals surface area contributed by atoms with E-state index < -0.39 is 0 Å². The minimum absolute atomic E-state index is 0.113. The molecule has 1 N–H and O–H groups in total. The first kappa shape index (κ1) is 16.3. The molecule has 2 fully saturated rings. The molecule has 0 aliphatic carbocycles. The molecule has 0 spiro atoms. The van der Waals surface area contributed by atoms with Gasteiger partial charge < -0.3 is 15.0 Å². The van der Waals surface area contributed by atoms with Crippen LogP contribution in [0.4, 0.5) is 0 Å². The average Bonchev–Trinajstić information content (AvgIpc) is 2.62. The molecule has 0 aromatic heterocycles. The molecular formula is C18H27N3O2. The monoisotopic (exact) mass is 317 g/mol. The first-order valence-corrected chi connectivity index (χ1v) is 8.74. The molecule has 2 aliphatic heterocycles. The van der Waals surface area contributed by atoms with E-state index in [1.165, 1.54) is 12.0 Å². The van der Waals surface area contributed by atoms with Crippen molar-refractivity contribution >= 4 is 5.91 Å². The molecule has 3 rings (SSSR count). The van der Waals surface area contributed by atoms with Crippen LogP contribution in [0, 0.1) is 0 Å². The maximum absolute atomic E-state index is 12.3. The van der Waals surface area contributed by atoms with E-state index in [-0.39, 0.29) is 12.5 Å². The number of piperidine rings is 1. The van der Waals surface area contributed by atoms with Crippen molar-refractivity contribution in [3.63, 3.8) is 0 Å². The number of ether oxygens (including phenoxy) is 1. The number of amides is 1. The molecule has 1 aromatic carbocycles. The summed E-state index contributed by atoms with van der Waals surface area (Å²) < 4.78 is 5.86. The van der Waals surface area contributed by atoms with Crippen molar-refractivity contribution < 1.29 is 9.53 Å². The summed E-state index contributed by atoms with van der Waals surface area (Å²) in [6, 6.07) is 8.09. The van der Waals surface area contributed by atoms with E-state index in [1.54, 1.807) is 0 Å². The Balaban J connectivity index is 1.55. The molecule has 0 atom stereocenters. The maximum Gasteiger partial charge on any atom is 0.260 e. The van der Waals surface area contributed by atoms with Gasteiger partial charge in [0.25, 0.3) is 5.91 Å². The van der Waals surface area contributed by atoms with Crippen molar-refractivity contribution in [3.05, 3.63) is 29.8 Å². The van der Waals surface area contributed by atoms with E-state index in [0.717, 1.165) is 64.4 Å². The SMILES string of the molecule is O=C(COc1ccccc1CN1CCNCC1)N1CCCCC1. The first-order chi connectivity index (χ1) is 11.3. The van der Waals surface area contributed by atoms with Crippen LogP contribution in [0.25, 0.3) is 0 Å². The molecule has 0 unspecified atom stereocenters. The van der Waals surface area contributed by atoms with Crippen molar-refractivity contribution in [2.24, 2.45) is 0 Å². The number of para-hydroxylation sites is 1. The number of carbonyl (C=O) groups is 1. The molecule has 2 aliphatic rings. The van der Waals surface area contributed by atoms with Crippen molar-refractivity contribution in [3.8, 4) is 5.75 Å². The quantitative estimate of drug-likeness (QED) is 0.893. The zero-order valence-corrected chi connectivity index (χ0v) is 13.8. The molecular weight excluding hydrogens is 290 g/mol. The van der Waals surface area contributed by atoms with Crippen LogP contribution < -0.4 is 10.1 Å². The van der Waals surface area contributed by atoms with E-state index in [0.29, 0.717) is 0 Å². The first-order valence-electron chi connectivity index (χ1n) is 8.74. The van der Waals surface area contributed by atoms with Gasteiger partial charge in [0.15, 0.2) is 6.61 Å². The van der Waals surface area contributed by atoms with Gasteiger partial charge in [-0.3, -0.25) is 9.69 Å². The van der Waals surface area contributed by atoms with Gasteiger partial charge in [-0.25, -0.2) is 0 Å². The van der Waals surface area contributed by atoms with E-state index in [9.17, 15) is 4.79 Å². The molecule has 1 aromatic rings. The van der Waals surface area contributed by atoms with Gasteiger partial charge in [0, 0.05) is 51.4 Å². The summed E-state index contributed by atoms with van der Waals surface area (Å²) >= 11 is 0. The molecule has 2 heterocycles. The van der Waals surface area contributed by atoms with E-state index in [4.69, 9.17) is 4.74 Å². The number of likely N-dealkylation sites (tertiary alicyclic amines) is 1. The fourth-order valence-corrected chi connectivity index (χ4v) is 3.26. The molecule has 126 valence electrons. The van der Waals surface area contributed by atoms with Crippen LogP contribution in [0.3, 0.4) is 0 Å². The second-order valence-corrected chi connectivity index (χ2v) is 6.36. The summed E-state index contributed by atoms with van der Waals surface area (Å²) in [7, 11) is 0. The normalized spacial score (nSPS) is 19.6. The van der Waals surface area contributed by atoms with Crippen molar-refractivity contribution in [2.75, 3.05) is 45.9 Å². The third-order valence-electron chi connectivity index (χ3n) is 4.64. The summed E-state index contributed by atoms with van der Waals surface area (Å²) in [6.07, 6.45) is 3.47. The number of piperazine rings is 1. The van der Waals surface area contributed by atoms with Gasteiger partial charge in [0.05, 0.1) is 0 Å². The minimum Gasteiger partial charge on any atom is -0.483 e. The van der Waals surface area contributed by atoms with Crippen LogP contribution in [0.5, 0.6) is 5.75 Å². The maximum atomic E-state index is 12.3. The Morgan fingerprint density at radius 2 is 1.78 bits per heavy atom. The molecule has 0 radical (unpaired) electrons. The van der Waals surface area contributed by atoms with Gasteiger partial charge in [-0.15, -0.1) is 0 Å². The van der Waals surface area contributed by atoms with Crippen molar-refractivity contribution in [2.45, 2.75) is 25.8 Å². The van der Waals surface area contributed by atoms with Crippen LogP contribution in [0.15, 0.2) is 24.3 Å². The Hall–Kier alpha value is -1.59. The fourth-order valence-electron chi connectivity index (χ4n) is 3.26. The van der Waals surface area contributed by atoms with Gasteiger partial charge in [-0.2, -0.15) is 0 Å². The summed E-state index contributed by atoms with van der Waals surface area (Å²) in [5.74, 6) is 0.957. The molecule has 23 heavy (non-hydrogen) atoms. The highest BCUT2D eigenvalue weighted by atomic mass is 16.5. The number of benzene rings is 1. The van der Waals surface area contributed by atoms with Crippen LogP contribution >= 0.6 is 0 Å². The lowest BCUT2D eigenvalue weighted by Crippen LogP contribution is -2.43. The van der Waals surface area contributed by atoms with Crippen molar-refractivity contribution in [1.29, 1.82) is 0 Å². The summed E-state index contributed by atoms with van der Waals surface area (Å²) in [4.78, 5) is 16.6. The predicted octanol–water partition coefficient (Wildman–Crippen LogP) is 1.48. The summed E-state index contributed by atoms with van der Waals surface area (Å²) in [5.41, 5.74) is 1.17. The molecule has 5 heteroatoms. The highest BCUT2D eigenvalue weighted by molar-refractivity contribution is 5.77. The fraction of sp³-hybridized carbons (Fsp3) is 0.611. The third kappa shape index (κ3) is 4.69. The van der Waals surface area contributed by atoms with Crippen LogP contribution in [0.1, 0.15) is 24.8 Å². The minimum atomic E-state index is 0.113. The standard InChI is InChI=1S/C18H27N3O2/c22-18(21-10-4-1-5-11-21)15-23-17-7-3-2-6-16(17)14-20-12-8-19-9-13-20/h2-3,6-7,19H,1,4-5,8-15H2. The highest BCUT2D eigenvalue weighted by Crippen LogP contribution is 2.20. The lowest BCUT2D eigenvalue weighted by atomic mass is 10.1. The van der Waals surface area contributed by atoms with E-state index >= 15 is 0 Å². The topological polar surface area (TPSA) is 44.8 Å². The predicted molar refractivity (Wildman–Crippen MR) is 90.5 cm³/mol. The van der Waals surface area contributed by atoms with Gasteiger partial charge in [-0.1, -0.05) is 18.2 Å². The second-order valence-electron chi connectivity index (χ2n) is 6.36. The van der Waals surface area contributed by atoms with Crippen molar-refractivity contribution in [1.82, 2.24) is 15.1 Å². The largest absolute Gasteiger partial charge is 0.483 e. The number of carbonyl (C=O) groups excluding carboxylic acids is 1. The summed E-state index contributed by atoms with van der Waals surface area (Å²) in [5, 5.41) is 3.37. The summed E-state index contributed by atoms with van der Waals surface area (Å²) in [6.45, 7) is 6.98. The number of nitrogens with zero attached hydrogens (tertiary/aromatic N) is 2. The Labute approximate surface area is 138 Å². The van der Waals surface area contributed by atoms with E-state index in [2.05, 4.69) is 16.3 Å². The van der Waals surface area contributed by atoms with Gasteiger partial charge in [0.2, 0.25) is 0 Å². The molecule has 0 saturated carbocycles. The zero-order chi connectivity index (χ0) is 15.9. The van der Waals surface area contributed by atoms with Gasteiger partial charge in [0.1, 0.15) is 5.75 Å². The number of nitrogens with one attached hydrogen (secondary N) is 1. The Morgan fingerprint density at radius 3 is 2.57 bits per heavy atom. The highest BCUT2D eigenvalue weighted by Gasteiger charge is 2.18. The Bertz CT molecular complexity index is 509. The van der Waals surface area contributed by atoms with Crippen LogP contribution in [-0.2, 0) is 11.3 Å². The third-order valence-corrected chi connectivity index (χ3v) is 4.64. The molecule has 5 nitrogen and oxygen atoms in total. The van der Waals surface area contributed by atoms with Crippen LogP contribution in [-0.4, -0.2) is 61.6 Å². The number of hydrogen-bond acceptors (Lipinski definition) is 4. The van der Waals surface area contributed by atoms with Crippen LogP contribution in [0.2, 0.25) is 0 Å². The lowest BCUT2D eigenvalue weighted by Gasteiger charge is -2.28. The average molecular weight is 317 g/mol.